The van der Waals surface area contributed by atoms with Crippen LogP contribution in [0, 0.1) is 5.92 Å². The second kappa shape index (κ2) is 9.41. The van der Waals surface area contributed by atoms with Crippen molar-refractivity contribution in [3.63, 3.8) is 0 Å². The number of aromatic hydroxyl groups is 1. The van der Waals surface area contributed by atoms with Crippen molar-refractivity contribution in [1.82, 2.24) is 14.8 Å². The van der Waals surface area contributed by atoms with Gasteiger partial charge < -0.3 is 14.4 Å². The minimum atomic E-state index is -0.308. The average Bonchev–Trinajstić information content (AvgIpc) is 3.07. The highest BCUT2D eigenvalue weighted by Crippen LogP contribution is 2.30. The molecule has 1 heterocycles. The van der Waals surface area contributed by atoms with Crippen molar-refractivity contribution in [3.8, 4) is 17.1 Å². The van der Waals surface area contributed by atoms with Crippen molar-refractivity contribution in [2.75, 3.05) is 5.75 Å². The zero-order valence-corrected chi connectivity index (χ0v) is 16.7. The Bertz CT molecular complexity index is 926. The number of para-hydroxylation sites is 1. The van der Waals surface area contributed by atoms with Gasteiger partial charge in [0.15, 0.2) is 11.0 Å². The largest absolute Gasteiger partial charge is 0.507 e. The zero-order valence-electron chi connectivity index (χ0n) is 15.9. The molecule has 3 aromatic rings. The molecule has 0 atom stereocenters. The molecule has 0 aliphatic heterocycles. The molecular formula is C21H23N3O3S. The lowest BCUT2D eigenvalue weighted by atomic mass is 10.1. The summed E-state index contributed by atoms with van der Waals surface area (Å²) in [6, 6.07) is 16.6. The van der Waals surface area contributed by atoms with Crippen molar-refractivity contribution >= 4 is 17.7 Å². The molecule has 28 heavy (non-hydrogen) atoms. The summed E-state index contributed by atoms with van der Waals surface area (Å²) in [5.41, 5.74) is 1.57. The number of ether oxygens (including phenoxy) is 1. The van der Waals surface area contributed by atoms with Crippen LogP contribution in [0.1, 0.15) is 19.4 Å². The van der Waals surface area contributed by atoms with Crippen LogP contribution in [0.4, 0.5) is 0 Å². The zero-order chi connectivity index (χ0) is 19.9. The molecule has 0 unspecified atom stereocenters. The standard InChI is InChI=1S/C21H23N3O3S/c1-15(2)12-24-20(17-10-6-7-11-18(17)25)22-23-21(24)28-14-19(26)27-13-16-8-4-3-5-9-16/h3-11,15,25H,12-14H2,1-2H3. The number of phenols is 1. The molecule has 1 aromatic heterocycles. The molecule has 0 aliphatic rings. The number of thioether (sulfide) groups is 1. The first-order valence-corrected chi connectivity index (χ1v) is 10.1. The van der Waals surface area contributed by atoms with Crippen LogP contribution in [-0.4, -0.2) is 31.6 Å². The number of phenolic OH excluding ortho intramolecular Hbond substituents is 1. The Morgan fingerprint density at radius 1 is 1.11 bits per heavy atom. The Balaban J connectivity index is 1.69. The lowest BCUT2D eigenvalue weighted by molar-refractivity contribution is -0.141. The van der Waals surface area contributed by atoms with Gasteiger partial charge in [-0.2, -0.15) is 0 Å². The monoisotopic (exact) mass is 397 g/mol. The molecule has 0 fully saturated rings. The van der Waals surface area contributed by atoms with Gasteiger partial charge in [-0.3, -0.25) is 4.79 Å². The fourth-order valence-corrected chi connectivity index (χ4v) is 3.44. The van der Waals surface area contributed by atoms with E-state index in [0.717, 1.165) is 5.56 Å². The predicted molar refractivity (Wildman–Crippen MR) is 109 cm³/mol. The fraction of sp³-hybridized carbons (Fsp3) is 0.286. The lowest BCUT2D eigenvalue weighted by Crippen LogP contribution is -2.11. The van der Waals surface area contributed by atoms with Crippen LogP contribution in [-0.2, 0) is 22.7 Å². The quantitative estimate of drug-likeness (QED) is 0.455. The maximum Gasteiger partial charge on any atom is 0.316 e. The molecule has 0 saturated carbocycles. The molecular weight excluding hydrogens is 374 g/mol. The van der Waals surface area contributed by atoms with Crippen molar-refractivity contribution < 1.29 is 14.6 Å². The number of benzene rings is 2. The molecule has 0 aliphatic carbocycles. The van der Waals surface area contributed by atoms with Crippen LogP contribution >= 0.6 is 11.8 Å². The van der Waals surface area contributed by atoms with E-state index in [9.17, 15) is 9.90 Å². The Morgan fingerprint density at radius 3 is 2.54 bits per heavy atom. The van der Waals surface area contributed by atoms with Crippen LogP contribution < -0.4 is 0 Å². The molecule has 146 valence electrons. The fourth-order valence-electron chi connectivity index (χ4n) is 2.69. The molecule has 0 bridgehead atoms. The van der Waals surface area contributed by atoms with Crippen LogP contribution in [0.15, 0.2) is 59.8 Å². The Morgan fingerprint density at radius 2 is 1.82 bits per heavy atom. The number of hydrogen-bond acceptors (Lipinski definition) is 6. The van der Waals surface area contributed by atoms with Gasteiger partial charge in [0.1, 0.15) is 12.4 Å². The Labute approximate surface area is 168 Å². The predicted octanol–water partition coefficient (Wildman–Crippen LogP) is 4.14. The van der Waals surface area contributed by atoms with E-state index in [1.54, 1.807) is 18.2 Å². The number of carbonyl (C=O) groups excluding carboxylic acids is 1. The third-order valence-electron chi connectivity index (χ3n) is 3.97. The van der Waals surface area contributed by atoms with E-state index < -0.39 is 0 Å². The third-order valence-corrected chi connectivity index (χ3v) is 4.91. The summed E-state index contributed by atoms with van der Waals surface area (Å²) in [4.78, 5) is 12.1. The summed E-state index contributed by atoms with van der Waals surface area (Å²) in [6.45, 7) is 5.12. The number of aromatic nitrogens is 3. The first-order chi connectivity index (χ1) is 13.5. The van der Waals surface area contributed by atoms with E-state index >= 15 is 0 Å². The first kappa shape index (κ1) is 19.9. The Hall–Kier alpha value is -2.80. The molecule has 7 heteroatoms. The van der Waals surface area contributed by atoms with Crippen molar-refractivity contribution in [1.29, 1.82) is 0 Å². The molecule has 6 nitrogen and oxygen atoms in total. The number of nitrogens with zero attached hydrogens (tertiary/aromatic N) is 3. The van der Waals surface area contributed by atoms with Gasteiger partial charge in [-0.05, 0) is 23.6 Å². The molecule has 0 amide bonds. The van der Waals surface area contributed by atoms with E-state index in [2.05, 4.69) is 24.0 Å². The van der Waals surface area contributed by atoms with Crippen molar-refractivity contribution in [3.05, 3.63) is 60.2 Å². The normalized spacial score (nSPS) is 11.0. The lowest BCUT2D eigenvalue weighted by Gasteiger charge is -2.13. The number of rotatable bonds is 8. The van der Waals surface area contributed by atoms with E-state index in [0.29, 0.717) is 29.0 Å². The van der Waals surface area contributed by atoms with Crippen molar-refractivity contribution in [2.45, 2.75) is 32.2 Å². The molecule has 3 rings (SSSR count). The van der Waals surface area contributed by atoms with Gasteiger partial charge in [-0.25, -0.2) is 0 Å². The van der Waals surface area contributed by atoms with Crippen molar-refractivity contribution in [2.24, 2.45) is 5.92 Å². The van der Waals surface area contributed by atoms with Crippen LogP contribution in [0.25, 0.3) is 11.4 Å². The molecule has 0 radical (unpaired) electrons. The van der Waals surface area contributed by atoms with Crippen LogP contribution in [0.3, 0.4) is 0 Å². The smallest absolute Gasteiger partial charge is 0.316 e. The second-order valence-electron chi connectivity index (χ2n) is 6.76. The summed E-state index contributed by atoms with van der Waals surface area (Å²) in [5, 5.41) is 19.3. The van der Waals surface area contributed by atoms with E-state index in [1.165, 1.54) is 11.8 Å². The SMILES string of the molecule is CC(C)Cn1c(SCC(=O)OCc2ccccc2)nnc1-c1ccccc1O. The summed E-state index contributed by atoms with van der Waals surface area (Å²) in [7, 11) is 0. The minimum absolute atomic E-state index is 0.143. The first-order valence-electron chi connectivity index (χ1n) is 9.08. The van der Waals surface area contributed by atoms with Gasteiger partial charge in [-0.1, -0.05) is 68.1 Å². The van der Waals surface area contributed by atoms with Gasteiger partial charge in [0, 0.05) is 6.54 Å². The molecule has 0 saturated heterocycles. The van der Waals surface area contributed by atoms with Crippen LogP contribution in [0.5, 0.6) is 5.75 Å². The van der Waals surface area contributed by atoms with Gasteiger partial charge in [-0.15, -0.1) is 10.2 Å². The third kappa shape index (κ3) is 5.13. The summed E-state index contributed by atoms with van der Waals surface area (Å²) >= 11 is 1.29. The van der Waals surface area contributed by atoms with E-state index in [-0.39, 0.29) is 24.1 Å². The molecule has 1 N–H and O–H groups in total. The summed E-state index contributed by atoms with van der Waals surface area (Å²) in [6.07, 6.45) is 0. The van der Waals surface area contributed by atoms with Gasteiger partial charge in [0.05, 0.1) is 11.3 Å². The van der Waals surface area contributed by atoms with Crippen LogP contribution in [0.2, 0.25) is 0 Å². The topological polar surface area (TPSA) is 77.2 Å². The minimum Gasteiger partial charge on any atom is -0.507 e. The average molecular weight is 398 g/mol. The number of hydrogen-bond donors (Lipinski definition) is 1. The maximum absolute atomic E-state index is 12.1. The molecule has 0 spiro atoms. The van der Waals surface area contributed by atoms with E-state index in [1.807, 2.05) is 41.0 Å². The van der Waals surface area contributed by atoms with Gasteiger partial charge in [0.25, 0.3) is 0 Å². The van der Waals surface area contributed by atoms with Gasteiger partial charge >= 0.3 is 5.97 Å². The summed E-state index contributed by atoms with van der Waals surface area (Å²) in [5.74, 6) is 0.928. The maximum atomic E-state index is 12.1. The highest BCUT2D eigenvalue weighted by atomic mass is 32.2. The summed E-state index contributed by atoms with van der Waals surface area (Å²) < 4.78 is 7.26. The highest BCUT2D eigenvalue weighted by Gasteiger charge is 2.18. The number of esters is 1. The molecule has 2 aromatic carbocycles. The van der Waals surface area contributed by atoms with E-state index in [4.69, 9.17) is 4.74 Å². The van der Waals surface area contributed by atoms with Gasteiger partial charge in [0.2, 0.25) is 0 Å². The Kier molecular flexibility index (Phi) is 6.71. The number of carbonyl (C=O) groups is 1. The highest BCUT2D eigenvalue weighted by molar-refractivity contribution is 7.99. The second-order valence-corrected chi connectivity index (χ2v) is 7.71.